The van der Waals surface area contributed by atoms with Crippen LogP contribution in [0.2, 0.25) is 0 Å². The van der Waals surface area contributed by atoms with E-state index in [4.69, 9.17) is 4.84 Å². The van der Waals surface area contributed by atoms with E-state index in [1.165, 1.54) is 22.3 Å². The second kappa shape index (κ2) is 4.83. The number of hydrogen-bond donors (Lipinski definition) is 1. The molecule has 0 fully saturated rings. The van der Waals surface area contributed by atoms with Crippen molar-refractivity contribution < 1.29 is 9.63 Å². The summed E-state index contributed by atoms with van der Waals surface area (Å²) in [6.07, 6.45) is 0. The van der Waals surface area contributed by atoms with Gasteiger partial charge in [-0.2, -0.15) is 0 Å². The molecular weight excluding hydrogens is 288 g/mol. The molecule has 0 aromatic heterocycles. The molecule has 2 aliphatic heterocycles. The van der Waals surface area contributed by atoms with E-state index in [9.17, 15) is 4.79 Å². The fourth-order valence-corrected chi connectivity index (χ4v) is 3.59. The molecule has 0 unspecified atom stereocenters. The minimum atomic E-state index is -0.422. The number of carbonyl (C=O) groups excluding carboxylic acids is 1. The highest BCUT2D eigenvalue weighted by atomic mass is 16.7. The lowest BCUT2D eigenvalue weighted by Gasteiger charge is -2.26. The quantitative estimate of drug-likeness (QED) is 0.811. The number of rotatable bonds is 1. The van der Waals surface area contributed by atoms with Gasteiger partial charge in [-0.05, 0) is 43.0 Å². The van der Waals surface area contributed by atoms with Crippen molar-refractivity contribution in [2.45, 2.75) is 38.5 Å². The van der Waals surface area contributed by atoms with E-state index in [-0.39, 0.29) is 18.1 Å². The van der Waals surface area contributed by atoms with Gasteiger partial charge in [0.15, 0.2) is 0 Å². The Balaban J connectivity index is 1.72. The summed E-state index contributed by atoms with van der Waals surface area (Å²) in [6, 6.07) is 16.3. The van der Waals surface area contributed by atoms with Gasteiger partial charge in [-0.25, -0.2) is 10.3 Å². The van der Waals surface area contributed by atoms with E-state index in [1.54, 1.807) is 0 Å². The molecule has 118 valence electrons. The van der Waals surface area contributed by atoms with Gasteiger partial charge < -0.3 is 4.90 Å². The summed E-state index contributed by atoms with van der Waals surface area (Å²) in [5.41, 5.74) is 7.04. The van der Waals surface area contributed by atoms with Crippen molar-refractivity contribution in [2.24, 2.45) is 0 Å². The van der Waals surface area contributed by atoms with Crippen LogP contribution >= 0.6 is 0 Å². The highest BCUT2D eigenvalue weighted by molar-refractivity contribution is 5.79. The molecule has 4 nitrogen and oxygen atoms in total. The van der Waals surface area contributed by atoms with Crippen LogP contribution in [0.4, 0.5) is 4.79 Å². The van der Waals surface area contributed by atoms with E-state index in [0.717, 1.165) is 0 Å². The van der Waals surface area contributed by atoms with Crippen molar-refractivity contribution >= 4 is 6.03 Å². The fraction of sp³-hybridized carbons (Fsp3) is 0.316. The molecule has 0 atom stereocenters. The molecule has 0 saturated carbocycles. The first-order chi connectivity index (χ1) is 11.0. The Hall–Kier alpha value is -2.33. The lowest BCUT2D eigenvalue weighted by Crippen LogP contribution is -2.42. The van der Waals surface area contributed by atoms with Gasteiger partial charge in [0.2, 0.25) is 0 Å². The molecule has 2 bridgehead atoms. The molecule has 0 saturated heterocycles. The Morgan fingerprint density at radius 3 is 1.65 bits per heavy atom. The van der Waals surface area contributed by atoms with Crippen molar-refractivity contribution in [3.8, 4) is 0 Å². The molecule has 0 radical (unpaired) electrons. The van der Waals surface area contributed by atoms with Crippen LogP contribution in [-0.2, 0) is 4.84 Å². The zero-order valence-corrected chi connectivity index (χ0v) is 13.5. The van der Waals surface area contributed by atoms with Gasteiger partial charge in [0.25, 0.3) is 0 Å². The minimum Gasteiger partial charge on any atom is -0.301 e. The summed E-state index contributed by atoms with van der Waals surface area (Å²) >= 11 is 0. The molecule has 4 heteroatoms. The monoisotopic (exact) mass is 308 g/mol. The first-order valence-corrected chi connectivity index (χ1v) is 7.91. The van der Waals surface area contributed by atoms with E-state index in [2.05, 4.69) is 29.7 Å². The molecular formula is C19H20N2O2. The molecule has 4 rings (SSSR count). The van der Waals surface area contributed by atoms with E-state index < -0.39 is 5.60 Å². The number of urea groups is 1. The Kier molecular flexibility index (Phi) is 3.00. The van der Waals surface area contributed by atoms with Crippen molar-refractivity contribution in [2.75, 3.05) is 0 Å². The Morgan fingerprint density at radius 1 is 0.913 bits per heavy atom. The number of hydroxylamine groups is 1. The highest BCUT2D eigenvalue weighted by Gasteiger charge is 2.49. The zero-order valence-electron chi connectivity index (χ0n) is 13.5. The van der Waals surface area contributed by atoms with Crippen LogP contribution in [0, 0.1) is 0 Å². The van der Waals surface area contributed by atoms with Crippen LogP contribution in [0.1, 0.15) is 55.1 Å². The maximum atomic E-state index is 12.8. The van der Waals surface area contributed by atoms with Crippen molar-refractivity contribution in [3.05, 3.63) is 70.8 Å². The van der Waals surface area contributed by atoms with Crippen LogP contribution in [0.25, 0.3) is 0 Å². The van der Waals surface area contributed by atoms with Gasteiger partial charge in [-0.3, -0.25) is 4.84 Å². The molecule has 0 aliphatic carbocycles. The fourth-order valence-electron chi connectivity index (χ4n) is 3.59. The highest BCUT2D eigenvalue weighted by Crippen LogP contribution is 2.55. The molecule has 2 aliphatic rings. The van der Waals surface area contributed by atoms with Crippen LogP contribution in [0.5, 0.6) is 0 Å². The number of amides is 2. The third-order valence-corrected chi connectivity index (χ3v) is 4.41. The van der Waals surface area contributed by atoms with Gasteiger partial charge in [0.05, 0.1) is 17.7 Å². The summed E-state index contributed by atoms with van der Waals surface area (Å²) in [5, 5.41) is 0. The molecule has 2 aromatic rings. The molecule has 1 N–H and O–H groups in total. The second-order valence-corrected chi connectivity index (χ2v) is 7.09. The predicted molar refractivity (Wildman–Crippen MR) is 87.8 cm³/mol. The number of hydrogen-bond acceptors (Lipinski definition) is 2. The number of nitrogens with one attached hydrogen (secondary N) is 1. The lowest BCUT2D eigenvalue weighted by molar-refractivity contribution is -0.0595. The van der Waals surface area contributed by atoms with Crippen LogP contribution in [0.3, 0.4) is 0 Å². The van der Waals surface area contributed by atoms with Gasteiger partial charge in [0, 0.05) is 0 Å². The predicted octanol–water partition coefficient (Wildman–Crippen LogP) is 3.93. The van der Waals surface area contributed by atoms with Crippen LogP contribution in [0.15, 0.2) is 48.5 Å². The molecule has 2 amide bonds. The zero-order chi connectivity index (χ0) is 16.2. The molecule has 2 aromatic carbocycles. The van der Waals surface area contributed by atoms with E-state index in [1.807, 2.05) is 49.9 Å². The van der Waals surface area contributed by atoms with E-state index in [0.29, 0.717) is 0 Å². The van der Waals surface area contributed by atoms with Crippen molar-refractivity contribution in [1.82, 2.24) is 10.4 Å². The summed E-state index contributed by atoms with van der Waals surface area (Å²) in [5.74, 6) is 0. The third-order valence-electron chi connectivity index (χ3n) is 4.41. The molecule has 2 heterocycles. The first-order valence-electron chi connectivity index (χ1n) is 7.91. The number of carbonyl (C=O) groups is 1. The minimum absolute atomic E-state index is 0.0315. The summed E-state index contributed by atoms with van der Waals surface area (Å²) in [4.78, 5) is 20.2. The second-order valence-electron chi connectivity index (χ2n) is 7.09. The number of nitrogens with zero attached hydrogens (tertiary/aromatic N) is 1. The molecule has 23 heavy (non-hydrogen) atoms. The smallest absolute Gasteiger partial charge is 0.301 e. The Morgan fingerprint density at radius 2 is 1.30 bits per heavy atom. The number of fused-ring (bicyclic) bond motifs is 8. The van der Waals surface area contributed by atoms with Gasteiger partial charge in [-0.15, -0.1) is 0 Å². The average molecular weight is 308 g/mol. The lowest BCUT2D eigenvalue weighted by atomic mass is 9.86. The third kappa shape index (κ3) is 2.13. The largest absolute Gasteiger partial charge is 0.342 e. The number of benzene rings is 2. The standard InChI is InChI=1S/C19H20N2O2/c1-19(2,3)23-20-18(22)21-16-12-8-4-5-9-13(12)17(21)15-11-7-6-10-14(15)16/h4-11,16-17H,1-3H3,(H,20,22). The topological polar surface area (TPSA) is 41.6 Å². The Bertz CT molecular complexity index is 681. The van der Waals surface area contributed by atoms with Gasteiger partial charge in [0.1, 0.15) is 0 Å². The normalized spacial score (nSPS) is 21.1. The summed E-state index contributed by atoms with van der Waals surface area (Å²) < 4.78 is 0. The average Bonchev–Trinajstić information content (AvgIpc) is 3.04. The Labute approximate surface area is 136 Å². The summed E-state index contributed by atoms with van der Waals surface area (Å²) in [7, 11) is 0. The van der Waals surface area contributed by atoms with Gasteiger partial charge in [-0.1, -0.05) is 48.5 Å². The van der Waals surface area contributed by atoms with Crippen LogP contribution < -0.4 is 5.48 Å². The maximum Gasteiger partial charge on any atom is 0.342 e. The molecule has 0 spiro atoms. The van der Waals surface area contributed by atoms with Crippen molar-refractivity contribution in [1.29, 1.82) is 0 Å². The SMILES string of the molecule is CC(C)(C)ONC(=O)N1C2c3ccccc3C1c1ccccc12. The first kappa shape index (κ1) is 14.3. The maximum absolute atomic E-state index is 12.8. The van der Waals surface area contributed by atoms with Gasteiger partial charge >= 0.3 is 6.03 Å². The van der Waals surface area contributed by atoms with E-state index >= 15 is 0 Å². The van der Waals surface area contributed by atoms with Crippen LogP contribution in [-0.4, -0.2) is 16.5 Å². The summed E-state index contributed by atoms with van der Waals surface area (Å²) in [6.45, 7) is 5.74. The van der Waals surface area contributed by atoms with Crippen molar-refractivity contribution in [3.63, 3.8) is 0 Å².